The van der Waals surface area contributed by atoms with Crippen LogP contribution in [0.4, 0.5) is 4.39 Å². The van der Waals surface area contributed by atoms with Crippen molar-refractivity contribution in [1.82, 2.24) is 20.3 Å². The van der Waals surface area contributed by atoms with Crippen molar-refractivity contribution in [2.45, 2.75) is 26.3 Å². The van der Waals surface area contributed by atoms with Gasteiger partial charge in [-0.05, 0) is 42.3 Å². The lowest BCUT2D eigenvalue weighted by Crippen LogP contribution is -2.22. The molecule has 0 radical (unpaired) electrons. The number of amides is 1. The molecule has 6 heteroatoms. The lowest BCUT2D eigenvalue weighted by molar-refractivity contribution is -0.121. The van der Waals surface area contributed by atoms with Gasteiger partial charge in [0.05, 0.1) is 17.6 Å². The molecule has 0 spiro atoms. The van der Waals surface area contributed by atoms with Crippen molar-refractivity contribution in [3.8, 4) is 11.1 Å². The summed E-state index contributed by atoms with van der Waals surface area (Å²) in [5.74, 6) is 0.493. The van der Waals surface area contributed by atoms with Crippen LogP contribution in [0.1, 0.15) is 25.6 Å². The number of carbonyl (C=O) groups excluding carboxylic acids is 1. The van der Waals surface area contributed by atoms with Crippen LogP contribution in [0.15, 0.2) is 42.6 Å². The number of aromatic nitrogens is 3. The Hall–Kier alpha value is -3.15. The number of nitrogens with one attached hydrogen (secondary N) is 3. The molecule has 0 saturated carbocycles. The van der Waals surface area contributed by atoms with Crippen LogP contribution in [0.5, 0.6) is 0 Å². The molecule has 5 nitrogen and oxygen atoms in total. The Labute approximate surface area is 149 Å². The summed E-state index contributed by atoms with van der Waals surface area (Å²) in [4.78, 5) is 22.5. The van der Waals surface area contributed by atoms with Crippen LogP contribution in [0, 0.1) is 5.82 Å². The zero-order chi connectivity index (χ0) is 18.1. The third-order valence-corrected chi connectivity index (χ3v) is 4.42. The van der Waals surface area contributed by atoms with E-state index in [0.29, 0.717) is 13.0 Å². The van der Waals surface area contributed by atoms with Crippen LogP contribution in [0.25, 0.3) is 33.1 Å². The molecule has 0 aliphatic rings. The molecule has 2 aromatic heterocycles. The number of hydrogen-bond acceptors (Lipinski definition) is 2. The van der Waals surface area contributed by atoms with E-state index in [9.17, 15) is 9.18 Å². The summed E-state index contributed by atoms with van der Waals surface area (Å²) >= 11 is 0. The van der Waals surface area contributed by atoms with Gasteiger partial charge in [0.25, 0.3) is 0 Å². The van der Waals surface area contributed by atoms with Crippen LogP contribution >= 0.6 is 0 Å². The largest absolute Gasteiger partial charge is 0.360 e. The van der Waals surface area contributed by atoms with Crippen molar-refractivity contribution in [3.63, 3.8) is 0 Å². The summed E-state index contributed by atoms with van der Waals surface area (Å²) in [6.45, 7) is 2.36. The fourth-order valence-electron chi connectivity index (χ4n) is 3.15. The molecule has 0 aliphatic carbocycles. The Balaban J connectivity index is 1.63. The molecule has 0 saturated heterocycles. The molecule has 0 aliphatic heterocycles. The topological polar surface area (TPSA) is 73.6 Å². The van der Waals surface area contributed by atoms with Crippen molar-refractivity contribution < 1.29 is 9.18 Å². The number of aromatic amines is 2. The SMILES string of the molecule is CCCC(=O)NCc1nc2ccc(-c3c[nH]c4cc(F)ccc34)cc2[nH]1. The minimum absolute atomic E-state index is 0.0275. The predicted octanol–water partition coefficient (Wildman–Crippen LogP) is 4.27. The van der Waals surface area contributed by atoms with Gasteiger partial charge in [-0.25, -0.2) is 9.37 Å². The van der Waals surface area contributed by atoms with E-state index in [1.807, 2.05) is 31.3 Å². The highest BCUT2D eigenvalue weighted by atomic mass is 19.1. The van der Waals surface area contributed by atoms with Crippen molar-refractivity contribution in [1.29, 1.82) is 0 Å². The summed E-state index contributed by atoms with van der Waals surface area (Å²) < 4.78 is 13.4. The van der Waals surface area contributed by atoms with Gasteiger partial charge in [0.15, 0.2) is 0 Å². The first-order valence-corrected chi connectivity index (χ1v) is 8.66. The van der Waals surface area contributed by atoms with E-state index < -0.39 is 0 Å². The highest BCUT2D eigenvalue weighted by molar-refractivity contribution is 5.97. The number of imidazole rings is 1. The quantitative estimate of drug-likeness (QED) is 0.503. The van der Waals surface area contributed by atoms with Crippen LogP contribution in [0.3, 0.4) is 0 Å². The third-order valence-electron chi connectivity index (χ3n) is 4.42. The van der Waals surface area contributed by atoms with Crippen molar-refractivity contribution >= 4 is 27.8 Å². The number of nitrogens with zero attached hydrogens (tertiary/aromatic N) is 1. The molecule has 0 fully saturated rings. The molecule has 26 heavy (non-hydrogen) atoms. The van der Waals surface area contributed by atoms with E-state index in [2.05, 4.69) is 20.3 Å². The third kappa shape index (κ3) is 3.06. The zero-order valence-electron chi connectivity index (χ0n) is 14.4. The maximum atomic E-state index is 13.4. The first-order valence-electron chi connectivity index (χ1n) is 8.66. The van der Waals surface area contributed by atoms with Gasteiger partial charge in [0.2, 0.25) is 5.91 Å². The summed E-state index contributed by atoms with van der Waals surface area (Å²) in [5, 5.41) is 3.83. The Morgan fingerprint density at radius 3 is 2.92 bits per heavy atom. The summed E-state index contributed by atoms with van der Waals surface area (Å²) in [6.07, 6.45) is 3.23. The summed E-state index contributed by atoms with van der Waals surface area (Å²) in [6, 6.07) is 10.7. The molecule has 2 aromatic carbocycles. The van der Waals surface area contributed by atoms with E-state index in [-0.39, 0.29) is 11.7 Å². The van der Waals surface area contributed by atoms with Gasteiger partial charge in [-0.3, -0.25) is 4.79 Å². The monoisotopic (exact) mass is 350 g/mol. The molecule has 4 rings (SSSR count). The molecule has 132 valence electrons. The van der Waals surface area contributed by atoms with Gasteiger partial charge >= 0.3 is 0 Å². The van der Waals surface area contributed by atoms with E-state index >= 15 is 0 Å². The molecule has 0 bridgehead atoms. The van der Waals surface area contributed by atoms with Gasteiger partial charge in [0, 0.05) is 29.1 Å². The molecule has 2 heterocycles. The first kappa shape index (κ1) is 16.3. The van der Waals surface area contributed by atoms with Crippen LogP contribution in [-0.2, 0) is 11.3 Å². The summed E-state index contributed by atoms with van der Waals surface area (Å²) in [5.41, 5.74) is 4.54. The van der Waals surface area contributed by atoms with Crippen LogP contribution in [0.2, 0.25) is 0 Å². The number of rotatable bonds is 5. The maximum absolute atomic E-state index is 13.4. The molecular weight excluding hydrogens is 331 g/mol. The second kappa shape index (κ2) is 6.63. The Morgan fingerprint density at radius 2 is 2.08 bits per heavy atom. The van der Waals surface area contributed by atoms with Crippen LogP contribution < -0.4 is 5.32 Å². The van der Waals surface area contributed by atoms with E-state index in [0.717, 1.165) is 45.3 Å². The number of H-pyrrole nitrogens is 2. The molecule has 0 unspecified atom stereocenters. The maximum Gasteiger partial charge on any atom is 0.220 e. The Kier molecular flexibility index (Phi) is 4.16. The molecule has 1 amide bonds. The highest BCUT2D eigenvalue weighted by Crippen LogP contribution is 2.30. The van der Waals surface area contributed by atoms with Crippen molar-refractivity contribution in [2.75, 3.05) is 0 Å². The van der Waals surface area contributed by atoms with E-state index in [1.54, 1.807) is 6.07 Å². The molecule has 4 aromatic rings. The van der Waals surface area contributed by atoms with E-state index in [4.69, 9.17) is 0 Å². The summed E-state index contributed by atoms with van der Waals surface area (Å²) in [7, 11) is 0. The highest BCUT2D eigenvalue weighted by Gasteiger charge is 2.10. The number of carbonyl (C=O) groups is 1. The molecular formula is C20H19FN4O. The second-order valence-corrected chi connectivity index (χ2v) is 6.33. The number of halogens is 1. The Morgan fingerprint density at radius 1 is 1.19 bits per heavy atom. The van der Waals surface area contributed by atoms with Gasteiger partial charge in [0.1, 0.15) is 11.6 Å². The Bertz CT molecular complexity index is 1100. The lowest BCUT2D eigenvalue weighted by atomic mass is 10.0. The predicted molar refractivity (Wildman–Crippen MR) is 100 cm³/mol. The normalized spacial score (nSPS) is 11.3. The van der Waals surface area contributed by atoms with Gasteiger partial charge < -0.3 is 15.3 Å². The number of fused-ring (bicyclic) bond motifs is 2. The standard InChI is InChI=1S/C20H19FN4O/c1-2-3-20(26)23-11-19-24-16-7-4-12(8-18(16)25-19)15-10-22-17-9-13(21)5-6-14(15)17/h4-10,22H,2-3,11H2,1H3,(H,23,26)(H,24,25). The second-order valence-electron chi connectivity index (χ2n) is 6.33. The number of hydrogen-bond donors (Lipinski definition) is 3. The molecule has 3 N–H and O–H groups in total. The fraction of sp³-hybridized carbons (Fsp3) is 0.200. The van der Waals surface area contributed by atoms with Gasteiger partial charge in [-0.15, -0.1) is 0 Å². The fourth-order valence-corrected chi connectivity index (χ4v) is 3.15. The minimum atomic E-state index is -0.260. The van der Waals surface area contributed by atoms with Gasteiger partial charge in [-0.1, -0.05) is 13.0 Å². The lowest BCUT2D eigenvalue weighted by Gasteiger charge is -2.00. The average molecular weight is 350 g/mol. The average Bonchev–Trinajstić information content (AvgIpc) is 3.22. The smallest absolute Gasteiger partial charge is 0.220 e. The number of benzene rings is 2. The minimum Gasteiger partial charge on any atom is -0.360 e. The van der Waals surface area contributed by atoms with Crippen molar-refractivity contribution in [2.24, 2.45) is 0 Å². The van der Waals surface area contributed by atoms with Crippen molar-refractivity contribution in [3.05, 3.63) is 54.2 Å². The van der Waals surface area contributed by atoms with Gasteiger partial charge in [-0.2, -0.15) is 0 Å². The van der Waals surface area contributed by atoms with E-state index in [1.165, 1.54) is 12.1 Å². The zero-order valence-corrected chi connectivity index (χ0v) is 14.4. The van der Waals surface area contributed by atoms with Crippen LogP contribution in [-0.4, -0.2) is 20.9 Å². The molecule has 0 atom stereocenters. The first-order chi connectivity index (χ1) is 12.6.